The summed E-state index contributed by atoms with van der Waals surface area (Å²) >= 11 is 1.32. The number of amides is 1. The van der Waals surface area contributed by atoms with Crippen LogP contribution in [0.25, 0.3) is 10.2 Å². The Morgan fingerprint density at radius 1 is 1.41 bits per heavy atom. The molecular formula is C15H14N4O2S. The van der Waals surface area contributed by atoms with Gasteiger partial charge in [0.15, 0.2) is 0 Å². The van der Waals surface area contributed by atoms with Crippen LogP contribution in [-0.2, 0) is 6.54 Å². The average Bonchev–Trinajstić information content (AvgIpc) is 2.83. The van der Waals surface area contributed by atoms with Gasteiger partial charge in [-0.25, -0.2) is 4.98 Å². The largest absolute Gasteiger partial charge is 0.399 e. The second-order valence-corrected chi connectivity index (χ2v) is 5.89. The van der Waals surface area contributed by atoms with Crippen molar-refractivity contribution >= 4 is 33.1 Å². The molecule has 0 bridgehead atoms. The first-order valence-electron chi connectivity index (χ1n) is 6.60. The van der Waals surface area contributed by atoms with Gasteiger partial charge >= 0.3 is 0 Å². The van der Waals surface area contributed by atoms with Crippen molar-refractivity contribution in [1.29, 1.82) is 0 Å². The van der Waals surface area contributed by atoms with E-state index in [9.17, 15) is 9.59 Å². The van der Waals surface area contributed by atoms with E-state index in [2.05, 4.69) is 4.98 Å². The van der Waals surface area contributed by atoms with Gasteiger partial charge in [0.2, 0.25) is 5.82 Å². The minimum absolute atomic E-state index is 0.0400. The summed E-state index contributed by atoms with van der Waals surface area (Å²) in [6.07, 6.45) is 0. The topological polar surface area (TPSA) is 104 Å². The molecule has 6 nitrogen and oxygen atoms in total. The molecule has 2 heterocycles. The normalized spacial score (nSPS) is 11.0. The Hall–Kier alpha value is -2.67. The van der Waals surface area contributed by atoms with E-state index in [1.54, 1.807) is 18.2 Å². The summed E-state index contributed by atoms with van der Waals surface area (Å²) in [6, 6.07) is 7.13. The van der Waals surface area contributed by atoms with Gasteiger partial charge in [-0.05, 0) is 35.6 Å². The fraction of sp³-hybridized carbons (Fsp3) is 0.133. The van der Waals surface area contributed by atoms with E-state index in [1.807, 2.05) is 18.4 Å². The molecule has 0 fully saturated rings. The van der Waals surface area contributed by atoms with Gasteiger partial charge in [0.1, 0.15) is 4.83 Å². The zero-order chi connectivity index (χ0) is 15.9. The van der Waals surface area contributed by atoms with Crippen molar-refractivity contribution in [2.45, 2.75) is 13.5 Å². The predicted molar refractivity (Wildman–Crippen MR) is 87.1 cm³/mol. The number of nitrogens with two attached hydrogens (primary N) is 2. The van der Waals surface area contributed by atoms with Gasteiger partial charge in [-0.1, -0.05) is 12.1 Å². The molecule has 2 aromatic heterocycles. The van der Waals surface area contributed by atoms with Gasteiger partial charge in [-0.3, -0.25) is 14.2 Å². The van der Waals surface area contributed by atoms with Crippen molar-refractivity contribution in [2.24, 2.45) is 5.73 Å². The van der Waals surface area contributed by atoms with E-state index in [1.165, 1.54) is 15.9 Å². The van der Waals surface area contributed by atoms with Crippen LogP contribution in [0.5, 0.6) is 0 Å². The zero-order valence-electron chi connectivity index (χ0n) is 11.9. The maximum atomic E-state index is 12.7. The molecule has 7 heteroatoms. The molecule has 0 aliphatic carbocycles. The molecule has 1 amide bonds. The first-order chi connectivity index (χ1) is 10.5. The van der Waals surface area contributed by atoms with Crippen molar-refractivity contribution in [3.05, 3.63) is 57.0 Å². The molecule has 0 saturated heterocycles. The number of nitrogen functional groups attached to an aromatic ring is 1. The maximum absolute atomic E-state index is 12.7. The van der Waals surface area contributed by atoms with Crippen LogP contribution in [0, 0.1) is 6.92 Å². The Balaban J connectivity index is 2.24. The van der Waals surface area contributed by atoms with E-state index < -0.39 is 5.91 Å². The standard InChI is InChI=1S/C15H14N4O2S/c1-8-7-22-14-11(8)15(21)19(13(18-14)12(17)20)6-9-3-2-4-10(16)5-9/h2-5,7H,6,16H2,1H3,(H2,17,20). The lowest BCUT2D eigenvalue weighted by Gasteiger charge is -2.11. The summed E-state index contributed by atoms with van der Waals surface area (Å²) in [6.45, 7) is 2.04. The molecule has 0 spiro atoms. The van der Waals surface area contributed by atoms with E-state index in [4.69, 9.17) is 11.5 Å². The Morgan fingerprint density at radius 3 is 2.86 bits per heavy atom. The van der Waals surface area contributed by atoms with Crippen molar-refractivity contribution in [3.8, 4) is 0 Å². The van der Waals surface area contributed by atoms with Crippen LogP contribution in [0.15, 0.2) is 34.4 Å². The number of hydrogen-bond donors (Lipinski definition) is 2. The van der Waals surface area contributed by atoms with Gasteiger partial charge in [-0.2, -0.15) is 0 Å². The number of carbonyl (C=O) groups is 1. The van der Waals surface area contributed by atoms with E-state index >= 15 is 0 Å². The summed E-state index contributed by atoms with van der Waals surface area (Å²) < 4.78 is 1.30. The number of nitrogens with zero attached hydrogens (tertiary/aromatic N) is 2. The summed E-state index contributed by atoms with van der Waals surface area (Å²) in [4.78, 5) is 29.2. The summed E-state index contributed by atoms with van der Waals surface area (Å²) in [7, 11) is 0. The Kier molecular flexibility index (Phi) is 3.42. The highest BCUT2D eigenvalue weighted by Gasteiger charge is 2.17. The number of aryl methyl sites for hydroxylation is 1. The van der Waals surface area contributed by atoms with Gasteiger partial charge in [0.05, 0.1) is 11.9 Å². The lowest BCUT2D eigenvalue weighted by Crippen LogP contribution is -2.31. The molecule has 0 radical (unpaired) electrons. The Labute approximate surface area is 130 Å². The number of anilines is 1. The molecule has 0 atom stereocenters. The van der Waals surface area contributed by atoms with Crippen LogP contribution >= 0.6 is 11.3 Å². The fourth-order valence-electron chi connectivity index (χ4n) is 2.37. The molecular weight excluding hydrogens is 300 g/mol. The number of fused-ring (bicyclic) bond motifs is 1. The predicted octanol–water partition coefficient (Wildman–Crippen LogP) is 1.50. The van der Waals surface area contributed by atoms with E-state index in [-0.39, 0.29) is 17.9 Å². The third-order valence-electron chi connectivity index (χ3n) is 3.39. The second kappa shape index (κ2) is 5.27. The quantitative estimate of drug-likeness (QED) is 0.715. The number of hydrogen-bond acceptors (Lipinski definition) is 5. The third-order valence-corrected chi connectivity index (χ3v) is 4.38. The third kappa shape index (κ3) is 2.35. The first-order valence-corrected chi connectivity index (χ1v) is 7.48. The van der Waals surface area contributed by atoms with Crippen LogP contribution in [0.4, 0.5) is 5.69 Å². The molecule has 0 aliphatic heterocycles. The van der Waals surface area contributed by atoms with Crippen LogP contribution in [-0.4, -0.2) is 15.5 Å². The van der Waals surface area contributed by atoms with Gasteiger partial charge in [0, 0.05) is 5.69 Å². The number of carbonyl (C=O) groups excluding carboxylic acids is 1. The van der Waals surface area contributed by atoms with Gasteiger partial charge < -0.3 is 11.5 Å². The average molecular weight is 314 g/mol. The fourth-order valence-corrected chi connectivity index (χ4v) is 3.28. The molecule has 1 aromatic carbocycles. The Morgan fingerprint density at radius 2 is 2.18 bits per heavy atom. The second-order valence-electron chi connectivity index (χ2n) is 5.03. The van der Waals surface area contributed by atoms with Crippen molar-refractivity contribution in [3.63, 3.8) is 0 Å². The summed E-state index contributed by atoms with van der Waals surface area (Å²) in [5.74, 6) is -0.768. The monoisotopic (exact) mass is 314 g/mol. The van der Waals surface area contributed by atoms with Crippen LogP contribution in [0.1, 0.15) is 21.7 Å². The lowest BCUT2D eigenvalue weighted by molar-refractivity contribution is 0.0985. The minimum Gasteiger partial charge on any atom is -0.399 e. The highest BCUT2D eigenvalue weighted by atomic mass is 32.1. The molecule has 0 aliphatic rings. The van der Waals surface area contributed by atoms with Crippen molar-refractivity contribution < 1.29 is 4.79 Å². The molecule has 3 rings (SSSR count). The number of aromatic nitrogens is 2. The van der Waals surface area contributed by atoms with Crippen molar-refractivity contribution in [1.82, 2.24) is 9.55 Å². The SMILES string of the molecule is Cc1csc2nc(C(N)=O)n(Cc3cccc(N)c3)c(=O)c12. The number of thiophene rings is 1. The lowest BCUT2D eigenvalue weighted by atomic mass is 10.2. The smallest absolute Gasteiger partial charge is 0.284 e. The molecule has 22 heavy (non-hydrogen) atoms. The summed E-state index contributed by atoms with van der Waals surface area (Å²) in [5.41, 5.74) is 13.1. The zero-order valence-corrected chi connectivity index (χ0v) is 12.7. The molecule has 3 aromatic rings. The van der Waals surface area contributed by atoms with E-state index in [0.29, 0.717) is 15.9 Å². The number of primary amides is 1. The number of benzene rings is 1. The van der Waals surface area contributed by atoms with Crippen LogP contribution < -0.4 is 17.0 Å². The summed E-state index contributed by atoms with van der Waals surface area (Å²) in [5, 5.41) is 2.37. The maximum Gasteiger partial charge on any atom is 0.284 e. The van der Waals surface area contributed by atoms with Crippen LogP contribution in [0.3, 0.4) is 0 Å². The Bertz CT molecular complexity index is 942. The minimum atomic E-state index is -0.728. The van der Waals surface area contributed by atoms with Gasteiger partial charge in [-0.15, -0.1) is 11.3 Å². The molecule has 112 valence electrons. The van der Waals surface area contributed by atoms with Crippen molar-refractivity contribution in [2.75, 3.05) is 5.73 Å². The highest BCUT2D eigenvalue weighted by molar-refractivity contribution is 7.16. The molecule has 0 saturated carbocycles. The van der Waals surface area contributed by atoms with Crippen LogP contribution in [0.2, 0.25) is 0 Å². The molecule has 0 unspecified atom stereocenters. The number of rotatable bonds is 3. The molecule has 4 N–H and O–H groups in total. The van der Waals surface area contributed by atoms with E-state index in [0.717, 1.165) is 11.1 Å². The van der Waals surface area contributed by atoms with Gasteiger partial charge in [0.25, 0.3) is 11.5 Å². The highest BCUT2D eigenvalue weighted by Crippen LogP contribution is 2.21. The first kappa shape index (κ1) is 14.3.